The van der Waals surface area contributed by atoms with Gasteiger partial charge in [0, 0.05) is 6.54 Å². The largest absolute Gasteiger partial charge is 0.475 e. The lowest BCUT2D eigenvalue weighted by molar-refractivity contribution is -0.306. The number of phosphoric acid groups is 1. The van der Waals surface area contributed by atoms with Gasteiger partial charge >= 0.3 is 7.82 Å². The average molecular weight is 287 g/mol. The Kier molecular flexibility index (Phi) is 8.16. The normalized spacial score (nSPS) is 15.9. The van der Waals surface area contributed by atoms with Crippen molar-refractivity contribution in [1.82, 2.24) is 5.32 Å². The molecule has 18 heavy (non-hydrogen) atoms. The summed E-state index contributed by atoms with van der Waals surface area (Å²) in [4.78, 5) is 0. The summed E-state index contributed by atoms with van der Waals surface area (Å²) in [5.74, 6) is -2.78. The van der Waals surface area contributed by atoms with Gasteiger partial charge < -0.3 is 20.6 Å². The summed E-state index contributed by atoms with van der Waals surface area (Å²) in [6.07, 6.45) is -0.310. The number of nitrogens with one attached hydrogen (secondary N) is 1. The molecular formula is C9H22NO7P. The number of aliphatic hydroxyl groups is 3. The molecule has 0 saturated heterocycles. The van der Waals surface area contributed by atoms with Gasteiger partial charge in [0.1, 0.15) is 0 Å². The van der Waals surface area contributed by atoms with Gasteiger partial charge in [0.2, 0.25) is 0 Å². The predicted octanol–water partition coefficient (Wildman–Crippen LogP) is -0.207. The molecule has 0 aromatic rings. The third-order valence-corrected chi connectivity index (χ3v) is 3.27. The highest BCUT2D eigenvalue weighted by Gasteiger charge is 2.27. The lowest BCUT2D eigenvalue weighted by Gasteiger charge is -2.20. The maximum Gasteiger partial charge on any atom is 0.475 e. The van der Waals surface area contributed by atoms with E-state index in [0.29, 0.717) is 0 Å². The van der Waals surface area contributed by atoms with Gasteiger partial charge in [-0.1, -0.05) is 0 Å². The molecule has 0 aromatic heterocycles. The first kappa shape index (κ1) is 17.9. The van der Waals surface area contributed by atoms with Crippen molar-refractivity contribution < 1.29 is 33.5 Å². The van der Waals surface area contributed by atoms with Crippen LogP contribution in [0.15, 0.2) is 0 Å². The van der Waals surface area contributed by atoms with Crippen molar-refractivity contribution in [3.63, 3.8) is 0 Å². The molecule has 4 N–H and O–H groups in total. The van der Waals surface area contributed by atoms with Crippen molar-refractivity contribution in [2.75, 3.05) is 26.3 Å². The van der Waals surface area contributed by atoms with E-state index >= 15 is 0 Å². The highest BCUT2D eigenvalue weighted by Crippen LogP contribution is 2.50. The molecule has 8 nitrogen and oxygen atoms in total. The lowest BCUT2D eigenvalue weighted by Crippen LogP contribution is -2.41. The van der Waals surface area contributed by atoms with Gasteiger partial charge in [-0.25, -0.2) is 4.57 Å². The van der Waals surface area contributed by atoms with Gasteiger partial charge in [0.25, 0.3) is 5.97 Å². The fraction of sp³-hybridized carbons (Fsp3) is 1.00. The maximum atomic E-state index is 11.9. The van der Waals surface area contributed by atoms with Crippen LogP contribution >= 0.6 is 7.82 Å². The molecule has 110 valence electrons. The monoisotopic (exact) mass is 287 g/mol. The van der Waals surface area contributed by atoms with Crippen LogP contribution in [0, 0.1) is 0 Å². The Morgan fingerprint density at radius 2 is 1.89 bits per heavy atom. The summed E-state index contributed by atoms with van der Waals surface area (Å²) in [6, 6.07) is 0. The number of rotatable bonds is 10. The summed E-state index contributed by atoms with van der Waals surface area (Å²) in [5, 5.41) is 28.2. The molecule has 0 amide bonds. The summed E-state index contributed by atoms with van der Waals surface area (Å²) in [7, 11) is -3.58. The molecule has 0 heterocycles. The van der Waals surface area contributed by atoms with Crippen molar-refractivity contribution in [2.24, 2.45) is 0 Å². The molecule has 0 aliphatic rings. The molecular weight excluding hydrogens is 265 g/mol. The zero-order valence-corrected chi connectivity index (χ0v) is 11.7. The lowest BCUT2D eigenvalue weighted by atomic mass is 10.5. The van der Waals surface area contributed by atoms with Crippen LogP contribution in [0.1, 0.15) is 20.8 Å². The minimum atomic E-state index is -3.58. The predicted molar refractivity (Wildman–Crippen MR) is 63.7 cm³/mol. The van der Waals surface area contributed by atoms with Crippen LogP contribution in [0.25, 0.3) is 0 Å². The van der Waals surface area contributed by atoms with Crippen LogP contribution in [0.4, 0.5) is 0 Å². The summed E-state index contributed by atoms with van der Waals surface area (Å²) >= 11 is 0. The van der Waals surface area contributed by atoms with Gasteiger partial charge in [0.05, 0.1) is 25.9 Å². The number of hydrogen-bond donors (Lipinski definition) is 4. The first-order chi connectivity index (χ1) is 8.18. The second kappa shape index (κ2) is 8.19. The molecule has 1 atom stereocenters. The summed E-state index contributed by atoms with van der Waals surface area (Å²) < 4.78 is 26.9. The Bertz CT molecular complexity index is 266. The third-order valence-electron chi connectivity index (χ3n) is 1.52. The van der Waals surface area contributed by atoms with E-state index in [1.807, 2.05) is 0 Å². The Labute approximate surface area is 106 Å². The van der Waals surface area contributed by atoms with Crippen LogP contribution < -0.4 is 5.32 Å². The molecule has 0 spiro atoms. The van der Waals surface area contributed by atoms with E-state index in [0.717, 1.165) is 0 Å². The quantitative estimate of drug-likeness (QED) is 0.248. The van der Waals surface area contributed by atoms with Gasteiger partial charge in [-0.15, -0.1) is 0 Å². The first-order valence-corrected chi connectivity index (χ1v) is 7.10. The van der Waals surface area contributed by atoms with Gasteiger partial charge in [-0.2, -0.15) is 0 Å². The highest BCUT2D eigenvalue weighted by molar-refractivity contribution is 7.48. The van der Waals surface area contributed by atoms with Crippen molar-refractivity contribution in [1.29, 1.82) is 0 Å². The van der Waals surface area contributed by atoms with E-state index in [1.54, 1.807) is 20.8 Å². The minimum Gasteiger partial charge on any atom is -0.343 e. The molecule has 0 fully saturated rings. The topological polar surface area (TPSA) is 117 Å². The van der Waals surface area contributed by atoms with Crippen LogP contribution in [-0.2, 0) is 18.1 Å². The van der Waals surface area contributed by atoms with E-state index in [-0.39, 0.29) is 25.9 Å². The SMILES string of the molecule is CCOP(=O)(OCCNCC(O)(O)O)OC(C)C. The molecule has 0 radical (unpaired) electrons. The summed E-state index contributed by atoms with van der Waals surface area (Å²) in [5.41, 5.74) is 0. The van der Waals surface area contributed by atoms with E-state index in [4.69, 9.17) is 28.9 Å². The Morgan fingerprint density at radius 3 is 2.33 bits per heavy atom. The van der Waals surface area contributed by atoms with Crippen molar-refractivity contribution in [3.05, 3.63) is 0 Å². The minimum absolute atomic E-state index is 0.0277. The molecule has 0 rings (SSSR count). The zero-order chi connectivity index (χ0) is 14.2. The van der Waals surface area contributed by atoms with Crippen molar-refractivity contribution in [3.8, 4) is 0 Å². The molecule has 0 bridgehead atoms. The van der Waals surface area contributed by atoms with Gasteiger partial charge in [-0.05, 0) is 20.8 Å². The van der Waals surface area contributed by atoms with E-state index in [1.165, 1.54) is 0 Å². The molecule has 9 heteroatoms. The second-order valence-corrected chi connectivity index (χ2v) is 5.43. The smallest absolute Gasteiger partial charge is 0.343 e. The standard InChI is InChI=1S/C9H22NO7P/c1-4-15-18(14,17-8(2)3)16-6-5-10-7-9(11,12)13/h8,10-13H,4-7H2,1-3H3. The van der Waals surface area contributed by atoms with Crippen molar-refractivity contribution >= 4 is 7.82 Å². The summed E-state index contributed by atoms with van der Waals surface area (Å²) in [6.45, 7) is 4.90. The molecule has 1 unspecified atom stereocenters. The fourth-order valence-electron chi connectivity index (χ4n) is 1.00. The van der Waals surface area contributed by atoms with E-state index in [2.05, 4.69) is 5.32 Å². The van der Waals surface area contributed by atoms with Crippen molar-refractivity contribution in [2.45, 2.75) is 32.8 Å². The van der Waals surface area contributed by atoms with E-state index in [9.17, 15) is 4.57 Å². The number of hydrogen-bond acceptors (Lipinski definition) is 8. The van der Waals surface area contributed by atoms with E-state index < -0.39 is 20.3 Å². The Hall–Kier alpha value is -0.0500. The third kappa shape index (κ3) is 9.93. The van der Waals surface area contributed by atoms with Gasteiger partial charge in [-0.3, -0.25) is 13.6 Å². The zero-order valence-electron chi connectivity index (χ0n) is 10.8. The van der Waals surface area contributed by atoms with Gasteiger partial charge in [0.15, 0.2) is 0 Å². The number of phosphoric ester groups is 1. The fourth-order valence-corrected chi connectivity index (χ4v) is 2.34. The molecule has 0 aliphatic carbocycles. The molecule has 0 aliphatic heterocycles. The second-order valence-electron chi connectivity index (χ2n) is 3.80. The van der Waals surface area contributed by atoms with Crippen LogP contribution in [-0.4, -0.2) is 53.7 Å². The maximum absolute atomic E-state index is 11.9. The van der Waals surface area contributed by atoms with Crippen LogP contribution in [0.3, 0.4) is 0 Å². The molecule has 0 saturated carbocycles. The molecule has 0 aromatic carbocycles. The van der Waals surface area contributed by atoms with Crippen LogP contribution in [0.5, 0.6) is 0 Å². The average Bonchev–Trinajstić information content (AvgIpc) is 2.14. The Balaban J connectivity index is 3.94. The highest BCUT2D eigenvalue weighted by atomic mass is 31.2. The Morgan fingerprint density at radius 1 is 1.28 bits per heavy atom. The first-order valence-electron chi connectivity index (χ1n) is 5.64. The van der Waals surface area contributed by atoms with Crippen LogP contribution in [0.2, 0.25) is 0 Å².